The molecule has 1 aliphatic carbocycles. The fourth-order valence-corrected chi connectivity index (χ4v) is 8.22. The van der Waals surface area contributed by atoms with Crippen molar-refractivity contribution in [2.45, 2.75) is 51.9 Å². The summed E-state index contributed by atoms with van der Waals surface area (Å²) in [6, 6.07) is 23.2. The number of carbonyl (C=O) groups excluding carboxylic acids is 4. The second kappa shape index (κ2) is 16.7. The van der Waals surface area contributed by atoms with Gasteiger partial charge in [-0.05, 0) is 97.2 Å². The van der Waals surface area contributed by atoms with Crippen LogP contribution in [0.4, 0.5) is 10.7 Å². The minimum atomic E-state index is -0.504. The van der Waals surface area contributed by atoms with Crippen molar-refractivity contribution in [1.82, 2.24) is 5.32 Å². The van der Waals surface area contributed by atoms with Crippen LogP contribution < -0.4 is 16.0 Å². The molecule has 0 aliphatic heterocycles. The van der Waals surface area contributed by atoms with Crippen molar-refractivity contribution in [3.05, 3.63) is 116 Å². The zero-order chi connectivity index (χ0) is 35.8. The van der Waals surface area contributed by atoms with Crippen LogP contribution in [0.15, 0.2) is 93.9 Å². The Morgan fingerprint density at radius 1 is 0.980 bits per heavy atom. The van der Waals surface area contributed by atoms with E-state index in [1.54, 1.807) is 55.5 Å². The topological polar surface area (TPSA) is 114 Å². The maximum absolute atomic E-state index is 13.5. The predicted octanol–water partition coefficient (Wildman–Crippen LogP) is 8.98. The van der Waals surface area contributed by atoms with Crippen molar-refractivity contribution < 1.29 is 23.9 Å². The molecule has 0 saturated carbocycles. The first-order valence-corrected chi connectivity index (χ1v) is 19.0. The maximum Gasteiger partial charge on any atom is 0.341 e. The minimum Gasteiger partial charge on any atom is -0.462 e. The molecule has 0 bridgehead atoms. The molecule has 1 heterocycles. The summed E-state index contributed by atoms with van der Waals surface area (Å²) in [6.45, 7) is 8.76. The predicted molar refractivity (Wildman–Crippen MR) is 206 cm³/mol. The van der Waals surface area contributed by atoms with E-state index < -0.39 is 17.8 Å². The van der Waals surface area contributed by atoms with E-state index in [4.69, 9.17) is 4.74 Å². The minimum absolute atomic E-state index is 0.0688. The third-order valence-corrected chi connectivity index (χ3v) is 11.0. The van der Waals surface area contributed by atoms with E-state index in [0.717, 1.165) is 44.6 Å². The Kier molecular flexibility index (Phi) is 12.4. The monoisotopic (exact) mass is 773 g/mol. The summed E-state index contributed by atoms with van der Waals surface area (Å²) in [7, 11) is 0. The van der Waals surface area contributed by atoms with Gasteiger partial charge >= 0.3 is 5.97 Å². The molecule has 0 saturated heterocycles. The number of hydrogen-bond acceptors (Lipinski definition) is 7. The molecule has 3 N–H and O–H groups in total. The lowest BCUT2D eigenvalue weighted by molar-refractivity contribution is -0.114. The normalized spacial score (nSPS) is 14.3. The number of ether oxygens (including phenoxy) is 1. The molecule has 1 atom stereocenters. The van der Waals surface area contributed by atoms with E-state index in [9.17, 15) is 19.2 Å². The van der Waals surface area contributed by atoms with Crippen LogP contribution in [-0.2, 0) is 27.2 Å². The standard InChI is InChI=1S/C39H40BrN3O5S2/c1-5-48-38(47)34-30-18-17-26(39(2,3)4)21-32(30)50-37(34)43-33(44)23-49-29-16-10-15-28(22-29)41-36(46)31(20-24-11-9-14-27(40)19-24)42-35(45)25-12-7-6-8-13-25/h6-16,19-20,22,26H,5,17-18,21,23H2,1-4H3,(H,41,46)(H,42,45)(H,43,44)/b31-20+. The lowest BCUT2D eigenvalue weighted by atomic mass is 9.72. The molecule has 50 heavy (non-hydrogen) atoms. The number of thiophene rings is 1. The number of anilines is 2. The summed E-state index contributed by atoms with van der Waals surface area (Å²) in [6.07, 6.45) is 4.24. The maximum atomic E-state index is 13.5. The third-order valence-electron chi connectivity index (χ3n) is 8.37. The van der Waals surface area contributed by atoms with Crippen molar-refractivity contribution in [2.75, 3.05) is 23.0 Å². The number of benzene rings is 3. The molecule has 11 heteroatoms. The number of thioether (sulfide) groups is 1. The zero-order valence-electron chi connectivity index (χ0n) is 28.4. The first kappa shape index (κ1) is 37.1. The Hall–Kier alpha value is -4.19. The molecule has 4 aromatic rings. The van der Waals surface area contributed by atoms with Crippen LogP contribution in [0.25, 0.3) is 6.08 Å². The Labute approximate surface area is 309 Å². The van der Waals surface area contributed by atoms with Gasteiger partial charge in [-0.25, -0.2) is 4.79 Å². The number of fused-ring (bicyclic) bond motifs is 1. The number of halogens is 1. The summed E-state index contributed by atoms with van der Waals surface area (Å²) in [5.41, 5.74) is 3.33. The van der Waals surface area contributed by atoms with Gasteiger partial charge in [0.2, 0.25) is 5.91 Å². The molecule has 1 aromatic heterocycles. The second-order valence-electron chi connectivity index (χ2n) is 13.0. The number of carbonyl (C=O) groups is 4. The van der Waals surface area contributed by atoms with Crippen LogP contribution >= 0.6 is 39.0 Å². The lowest BCUT2D eigenvalue weighted by Gasteiger charge is -2.33. The highest BCUT2D eigenvalue weighted by Gasteiger charge is 2.34. The van der Waals surface area contributed by atoms with Crippen LogP contribution in [0.5, 0.6) is 0 Å². The Balaban J connectivity index is 1.27. The SMILES string of the molecule is CCOC(=O)c1c(NC(=O)CSc2cccc(NC(=O)/C(=C\c3cccc(Br)c3)NC(=O)c3ccccc3)c2)sc2c1CCC(C(C)(C)C)C2. The van der Waals surface area contributed by atoms with Crippen LogP contribution in [0.2, 0.25) is 0 Å². The molecular formula is C39H40BrN3O5S2. The molecule has 1 aliphatic rings. The van der Waals surface area contributed by atoms with Crippen molar-refractivity contribution in [1.29, 1.82) is 0 Å². The summed E-state index contributed by atoms with van der Waals surface area (Å²) in [5, 5.41) is 9.16. The average Bonchev–Trinajstić information content (AvgIpc) is 3.44. The van der Waals surface area contributed by atoms with E-state index in [2.05, 4.69) is 52.7 Å². The van der Waals surface area contributed by atoms with E-state index in [0.29, 0.717) is 27.7 Å². The second-order valence-corrected chi connectivity index (χ2v) is 16.1. The van der Waals surface area contributed by atoms with E-state index in [1.165, 1.54) is 23.1 Å². The Bertz CT molecular complexity index is 1920. The molecule has 0 spiro atoms. The summed E-state index contributed by atoms with van der Waals surface area (Å²) in [4.78, 5) is 54.7. The van der Waals surface area contributed by atoms with Gasteiger partial charge in [0.05, 0.1) is 17.9 Å². The van der Waals surface area contributed by atoms with E-state index >= 15 is 0 Å². The molecule has 5 rings (SSSR count). The molecule has 3 aromatic carbocycles. The van der Waals surface area contributed by atoms with Gasteiger partial charge < -0.3 is 20.7 Å². The summed E-state index contributed by atoms with van der Waals surface area (Å²) >= 11 is 6.23. The van der Waals surface area contributed by atoms with Crippen LogP contribution in [-0.4, -0.2) is 36.1 Å². The first-order valence-electron chi connectivity index (χ1n) is 16.4. The van der Waals surface area contributed by atoms with Gasteiger partial charge in [-0.1, -0.05) is 73.1 Å². The van der Waals surface area contributed by atoms with Crippen molar-refractivity contribution in [3.8, 4) is 0 Å². The molecular weight excluding hydrogens is 734 g/mol. The summed E-state index contributed by atoms with van der Waals surface area (Å²) in [5.74, 6) is -0.987. The van der Waals surface area contributed by atoms with Gasteiger partial charge in [-0.2, -0.15) is 0 Å². The van der Waals surface area contributed by atoms with Crippen LogP contribution in [0.3, 0.4) is 0 Å². The van der Waals surface area contributed by atoms with Gasteiger partial charge in [0.1, 0.15) is 10.7 Å². The highest BCUT2D eigenvalue weighted by Crippen LogP contribution is 2.44. The highest BCUT2D eigenvalue weighted by molar-refractivity contribution is 9.10. The fourth-order valence-electron chi connectivity index (χ4n) is 5.71. The van der Waals surface area contributed by atoms with Gasteiger partial charge in [0.15, 0.2) is 0 Å². The zero-order valence-corrected chi connectivity index (χ0v) is 31.7. The van der Waals surface area contributed by atoms with Crippen molar-refractivity contribution >= 4 is 79.5 Å². The lowest BCUT2D eigenvalue weighted by Crippen LogP contribution is -2.30. The number of rotatable bonds is 11. The average molecular weight is 775 g/mol. The molecule has 1 unspecified atom stereocenters. The number of hydrogen-bond donors (Lipinski definition) is 3. The third kappa shape index (κ3) is 9.74. The largest absolute Gasteiger partial charge is 0.462 e. The highest BCUT2D eigenvalue weighted by atomic mass is 79.9. The van der Waals surface area contributed by atoms with Crippen LogP contribution in [0, 0.1) is 11.3 Å². The quantitative estimate of drug-likeness (QED) is 0.0797. The van der Waals surface area contributed by atoms with Gasteiger partial charge in [0, 0.05) is 25.5 Å². The van der Waals surface area contributed by atoms with Gasteiger partial charge in [-0.15, -0.1) is 23.1 Å². The Morgan fingerprint density at radius 2 is 1.74 bits per heavy atom. The van der Waals surface area contributed by atoms with Gasteiger partial charge in [0.25, 0.3) is 11.8 Å². The smallest absolute Gasteiger partial charge is 0.341 e. The molecule has 0 fully saturated rings. The number of amides is 3. The number of nitrogens with one attached hydrogen (secondary N) is 3. The summed E-state index contributed by atoms with van der Waals surface area (Å²) < 4.78 is 6.22. The molecule has 0 radical (unpaired) electrons. The number of esters is 1. The van der Waals surface area contributed by atoms with Crippen molar-refractivity contribution in [3.63, 3.8) is 0 Å². The molecule has 260 valence electrons. The first-order chi connectivity index (χ1) is 23.9. The van der Waals surface area contributed by atoms with E-state index in [-0.39, 0.29) is 29.4 Å². The van der Waals surface area contributed by atoms with E-state index in [1.807, 2.05) is 36.4 Å². The molecule has 8 nitrogen and oxygen atoms in total. The van der Waals surface area contributed by atoms with Crippen molar-refractivity contribution in [2.24, 2.45) is 11.3 Å². The molecule has 3 amide bonds. The van der Waals surface area contributed by atoms with Crippen LogP contribution in [0.1, 0.15) is 70.8 Å². The Morgan fingerprint density at radius 3 is 2.46 bits per heavy atom. The van der Waals surface area contributed by atoms with Gasteiger partial charge in [-0.3, -0.25) is 14.4 Å². The fraction of sp³-hybridized carbons (Fsp3) is 0.282.